The summed E-state index contributed by atoms with van der Waals surface area (Å²) in [6.07, 6.45) is -0.795. The molecule has 1 aliphatic rings. The molecule has 1 amide bonds. The number of nitrogens with zero attached hydrogens (tertiary/aromatic N) is 6. The molecule has 0 spiro atoms. The Morgan fingerprint density at radius 2 is 1.81 bits per heavy atom. The standard InChI is InChI=1S/C34H30ClF3N6O3/c35-28-10-12-31(43-22-39-40-41-43)30(19-28)27-9-11-32(44(46)20-27)29(17-23-5-2-1-3-6-23)26-8-4-7-25(18-26)24-13-15-42(16-14-24)33(45)47-21-34(36,37)38/h1-12,18-20,22,24,29H,13-17,21H2. The van der Waals surface area contributed by atoms with Gasteiger partial charge in [0.25, 0.3) is 0 Å². The van der Waals surface area contributed by atoms with Crippen LogP contribution in [-0.4, -0.2) is 57.1 Å². The van der Waals surface area contributed by atoms with Gasteiger partial charge in [0.15, 0.2) is 12.8 Å². The molecule has 1 aliphatic heterocycles. The Kier molecular flexibility index (Phi) is 9.39. The Morgan fingerprint density at radius 1 is 1.02 bits per heavy atom. The van der Waals surface area contributed by atoms with Gasteiger partial charge < -0.3 is 14.8 Å². The molecule has 1 fully saturated rings. The van der Waals surface area contributed by atoms with Gasteiger partial charge in [-0.2, -0.15) is 22.6 Å². The molecule has 0 bridgehead atoms. The Hall–Kier alpha value is -4.97. The number of tetrazole rings is 1. The van der Waals surface area contributed by atoms with Crippen LogP contribution in [0.25, 0.3) is 16.8 Å². The van der Waals surface area contributed by atoms with Gasteiger partial charge in [0.05, 0.1) is 11.6 Å². The molecule has 13 heteroatoms. The number of hydrogen-bond donors (Lipinski definition) is 0. The highest BCUT2D eigenvalue weighted by Gasteiger charge is 2.32. The van der Waals surface area contributed by atoms with E-state index >= 15 is 0 Å². The minimum absolute atomic E-state index is 0.0910. The number of aromatic nitrogens is 5. The maximum Gasteiger partial charge on any atom is 0.422 e. The van der Waals surface area contributed by atoms with Crippen molar-refractivity contribution in [3.05, 3.63) is 130 Å². The van der Waals surface area contributed by atoms with E-state index < -0.39 is 18.9 Å². The first-order chi connectivity index (χ1) is 22.6. The van der Waals surface area contributed by atoms with Crippen molar-refractivity contribution in [1.82, 2.24) is 25.1 Å². The number of rotatable bonds is 8. The predicted octanol–water partition coefficient (Wildman–Crippen LogP) is 6.87. The number of amides is 1. The fourth-order valence-electron chi connectivity index (χ4n) is 6.04. The largest absolute Gasteiger partial charge is 0.618 e. The van der Waals surface area contributed by atoms with Crippen molar-refractivity contribution in [2.24, 2.45) is 0 Å². The quantitative estimate of drug-likeness (QED) is 0.133. The number of ether oxygens (including phenoxy) is 1. The fraction of sp³-hybridized carbons (Fsp3) is 0.265. The van der Waals surface area contributed by atoms with Crippen molar-refractivity contribution in [3.63, 3.8) is 0 Å². The van der Waals surface area contributed by atoms with Gasteiger partial charge in [0, 0.05) is 35.3 Å². The molecule has 0 saturated carbocycles. The fourth-order valence-corrected chi connectivity index (χ4v) is 6.21. The molecule has 1 atom stereocenters. The first-order valence-corrected chi connectivity index (χ1v) is 15.4. The third-order valence-corrected chi connectivity index (χ3v) is 8.58. The zero-order chi connectivity index (χ0) is 33.0. The molecule has 47 heavy (non-hydrogen) atoms. The molecule has 0 N–H and O–H groups in total. The van der Waals surface area contributed by atoms with Crippen LogP contribution in [0.4, 0.5) is 18.0 Å². The van der Waals surface area contributed by atoms with E-state index in [0.717, 1.165) is 21.4 Å². The van der Waals surface area contributed by atoms with Gasteiger partial charge >= 0.3 is 12.3 Å². The van der Waals surface area contributed by atoms with E-state index in [1.165, 1.54) is 22.1 Å². The number of carbonyl (C=O) groups excluding carboxylic acids is 1. The lowest BCUT2D eigenvalue weighted by atomic mass is 9.84. The summed E-state index contributed by atoms with van der Waals surface area (Å²) in [6.45, 7) is -1.02. The van der Waals surface area contributed by atoms with Crippen molar-refractivity contribution in [2.45, 2.75) is 37.3 Å². The van der Waals surface area contributed by atoms with Crippen LogP contribution in [0, 0.1) is 5.21 Å². The van der Waals surface area contributed by atoms with Gasteiger partial charge in [-0.15, -0.1) is 5.10 Å². The Balaban J connectivity index is 1.27. The zero-order valence-corrected chi connectivity index (χ0v) is 25.8. The summed E-state index contributed by atoms with van der Waals surface area (Å²) in [6, 6.07) is 27.0. The first kappa shape index (κ1) is 32.0. The van der Waals surface area contributed by atoms with Crippen LogP contribution < -0.4 is 4.73 Å². The van der Waals surface area contributed by atoms with Gasteiger partial charge in [-0.25, -0.2) is 4.79 Å². The highest BCUT2D eigenvalue weighted by Crippen LogP contribution is 2.35. The molecule has 6 rings (SSSR count). The lowest BCUT2D eigenvalue weighted by molar-refractivity contribution is -0.614. The summed E-state index contributed by atoms with van der Waals surface area (Å²) in [5.41, 5.74) is 5.62. The van der Waals surface area contributed by atoms with Crippen LogP contribution in [0.1, 0.15) is 47.1 Å². The molecule has 9 nitrogen and oxygen atoms in total. The summed E-state index contributed by atoms with van der Waals surface area (Å²) in [4.78, 5) is 13.5. The number of piperidine rings is 1. The minimum Gasteiger partial charge on any atom is -0.618 e. The Bertz CT molecular complexity index is 1830. The SMILES string of the molecule is O=C(OCC(F)(F)F)N1CCC(c2cccc(C(Cc3ccccc3)c3ccc(-c4cc(Cl)ccc4-n4cnnn4)c[n+]3[O-])c2)CC1. The normalized spacial score (nSPS) is 14.6. The van der Waals surface area contributed by atoms with Crippen molar-refractivity contribution < 1.29 is 27.4 Å². The number of alkyl halides is 3. The van der Waals surface area contributed by atoms with Crippen LogP contribution in [-0.2, 0) is 11.2 Å². The molecule has 242 valence electrons. The third-order valence-electron chi connectivity index (χ3n) is 8.35. The molecule has 2 aromatic heterocycles. The van der Waals surface area contributed by atoms with E-state index in [1.54, 1.807) is 18.2 Å². The number of likely N-dealkylation sites (tertiary alicyclic amines) is 1. The number of carbonyl (C=O) groups is 1. The molecule has 0 radical (unpaired) electrons. The van der Waals surface area contributed by atoms with Crippen LogP contribution in [0.5, 0.6) is 0 Å². The molecule has 1 saturated heterocycles. The Labute approximate surface area is 273 Å². The van der Waals surface area contributed by atoms with Gasteiger partial charge in [-0.05, 0) is 76.6 Å². The summed E-state index contributed by atoms with van der Waals surface area (Å²) >= 11 is 6.34. The van der Waals surface area contributed by atoms with Crippen LogP contribution in [0.3, 0.4) is 0 Å². The number of halogens is 4. The maximum absolute atomic E-state index is 13.8. The van der Waals surface area contributed by atoms with Crippen molar-refractivity contribution in [1.29, 1.82) is 0 Å². The summed E-state index contributed by atoms with van der Waals surface area (Å²) in [5, 5.41) is 25.8. The van der Waals surface area contributed by atoms with Crippen molar-refractivity contribution in [2.75, 3.05) is 19.7 Å². The van der Waals surface area contributed by atoms with E-state index in [4.69, 9.17) is 11.6 Å². The van der Waals surface area contributed by atoms with Gasteiger partial charge in [0.2, 0.25) is 5.69 Å². The average molecular weight is 663 g/mol. The monoisotopic (exact) mass is 662 g/mol. The number of pyridine rings is 1. The molecule has 3 aromatic carbocycles. The minimum atomic E-state index is -4.57. The van der Waals surface area contributed by atoms with E-state index in [-0.39, 0.29) is 24.9 Å². The average Bonchev–Trinajstić information content (AvgIpc) is 3.62. The van der Waals surface area contributed by atoms with Crippen molar-refractivity contribution in [3.8, 4) is 16.8 Å². The molecule has 1 unspecified atom stereocenters. The van der Waals surface area contributed by atoms with Crippen LogP contribution >= 0.6 is 11.6 Å². The van der Waals surface area contributed by atoms with E-state index in [2.05, 4.69) is 26.3 Å². The number of hydrogen-bond acceptors (Lipinski definition) is 6. The second kappa shape index (κ2) is 13.8. The van der Waals surface area contributed by atoms with E-state index in [0.29, 0.717) is 46.8 Å². The Morgan fingerprint density at radius 3 is 2.51 bits per heavy atom. The lowest BCUT2D eigenvalue weighted by Crippen LogP contribution is -2.39. The van der Waals surface area contributed by atoms with Crippen LogP contribution in [0.2, 0.25) is 5.02 Å². The van der Waals surface area contributed by atoms with E-state index in [1.807, 2.05) is 60.7 Å². The second-order valence-corrected chi connectivity index (χ2v) is 11.9. The molecular weight excluding hydrogens is 633 g/mol. The topological polar surface area (TPSA) is 100 Å². The molecule has 3 heterocycles. The highest BCUT2D eigenvalue weighted by molar-refractivity contribution is 6.31. The summed E-state index contributed by atoms with van der Waals surface area (Å²) < 4.78 is 44.4. The van der Waals surface area contributed by atoms with E-state index in [9.17, 15) is 23.2 Å². The molecular formula is C34H30ClF3N6O3. The van der Waals surface area contributed by atoms with Gasteiger partial charge in [0.1, 0.15) is 6.33 Å². The zero-order valence-electron chi connectivity index (χ0n) is 25.1. The maximum atomic E-state index is 13.8. The summed E-state index contributed by atoms with van der Waals surface area (Å²) in [7, 11) is 0. The predicted molar refractivity (Wildman–Crippen MR) is 168 cm³/mol. The van der Waals surface area contributed by atoms with Crippen molar-refractivity contribution >= 4 is 17.7 Å². The molecule has 5 aromatic rings. The lowest BCUT2D eigenvalue weighted by Gasteiger charge is -2.32. The highest BCUT2D eigenvalue weighted by atomic mass is 35.5. The number of benzene rings is 3. The van der Waals surface area contributed by atoms with Crippen LogP contribution in [0.15, 0.2) is 97.5 Å². The summed E-state index contributed by atoms with van der Waals surface area (Å²) in [5.74, 6) is -0.201. The van der Waals surface area contributed by atoms with Gasteiger partial charge in [-0.3, -0.25) is 0 Å². The smallest absolute Gasteiger partial charge is 0.422 e. The molecule has 0 aliphatic carbocycles. The first-order valence-electron chi connectivity index (χ1n) is 15.0. The van der Waals surface area contributed by atoms with Gasteiger partial charge in [-0.1, -0.05) is 66.2 Å². The second-order valence-electron chi connectivity index (χ2n) is 11.4. The third kappa shape index (κ3) is 7.71.